The second-order valence-corrected chi connectivity index (χ2v) is 7.88. The van der Waals surface area contributed by atoms with Gasteiger partial charge < -0.3 is 15.2 Å². The standard InChI is InChI=1S/C23H28FNO2.ClHO/c24-20-10-11-21(17-6-2-1-3-7-17)18(14-20)15-23(26,19-8-4-5-9-19)22-16-25-12-13-27-22;1-2/h1-3,6-7,10-11,14,19,22,25-26H,4-5,8-9,12-13,15-16H2;2H. The van der Waals surface area contributed by atoms with Crippen molar-refractivity contribution in [3.05, 3.63) is 59.9 Å². The molecular weight excluding hydrogens is 393 g/mol. The molecular formula is C23H29ClFNO3. The van der Waals surface area contributed by atoms with Gasteiger partial charge in [0.05, 0.1) is 30.2 Å². The molecule has 2 aromatic rings. The molecule has 1 heterocycles. The molecule has 0 radical (unpaired) electrons. The number of hydrogen-bond acceptors (Lipinski definition) is 4. The van der Waals surface area contributed by atoms with E-state index >= 15 is 0 Å². The quantitative estimate of drug-likeness (QED) is 0.680. The predicted octanol–water partition coefficient (Wildman–Crippen LogP) is 4.08. The first-order valence-corrected chi connectivity index (χ1v) is 10.6. The van der Waals surface area contributed by atoms with Gasteiger partial charge in [-0.25, -0.2) is 4.39 Å². The van der Waals surface area contributed by atoms with Crippen LogP contribution >= 0.6 is 11.9 Å². The van der Waals surface area contributed by atoms with Gasteiger partial charge in [-0.1, -0.05) is 49.2 Å². The fourth-order valence-electron chi connectivity index (χ4n) is 4.75. The number of rotatable bonds is 5. The molecule has 1 saturated heterocycles. The number of halogens is 2. The highest BCUT2D eigenvalue weighted by Crippen LogP contribution is 2.41. The summed E-state index contributed by atoms with van der Waals surface area (Å²) in [5.74, 6) is -0.0737. The van der Waals surface area contributed by atoms with Crippen LogP contribution in [0, 0.1) is 11.7 Å². The highest BCUT2D eigenvalue weighted by molar-refractivity contribution is 6.04. The van der Waals surface area contributed by atoms with Gasteiger partial charge in [0.25, 0.3) is 0 Å². The van der Waals surface area contributed by atoms with Crippen LogP contribution in [-0.2, 0) is 11.2 Å². The molecule has 1 aliphatic carbocycles. The van der Waals surface area contributed by atoms with Gasteiger partial charge in [-0.3, -0.25) is 4.66 Å². The minimum atomic E-state index is -0.985. The van der Waals surface area contributed by atoms with E-state index < -0.39 is 5.60 Å². The lowest BCUT2D eigenvalue weighted by atomic mass is 9.75. The Balaban J connectivity index is 0.00000117. The smallest absolute Gasteiger partial charge is 0.123 e. The Kier molecular flexibility index (Phi) is 8.04. The second kappa shape index (κ2) is 10.5. The lowest BCUT2D eigenvalue weighted by Crippen LogP contribution is -2.57. The number of hydrogen-bond donors (Lipinski definition) is 3. The van der Waals surface area contributed by atoms with Gasteiger partial charge in [0.2, 0.25) is 0 Å². The number of ether oxygens (including phenoxy) is 1. The largest absolute Gasteiger partial charge is 0.386 e. The van der Waals surface area contributed by atoms with E-state index in [1.807, 2.05) is 36.4 Å². The average molecular weight is 422 g/mol. The molecule has 4 nitrogen and oxygen atoms in total. The van der Waals surface area contributed by atoms with Crippen LogP contribution in [0.1, 0.15) is 31.2 Å². The third kappa shape index (κ3) is 5.16. The maximum atomic E-state index is 14.1. The van der Waals surface area contributed by atoms with Crippen LogP contribution in [0.4, 0.5) is 4.39 Å². The summed E-state index contributed by atoms with van der Waals surface area (Å²) in [6.45, 7) is 2.06. The molecule has 0 bridgehead atoms. The van der Waals surface area contributed by atoms with Gasteiger partial charge in [-0.2, -0.15) is 0 Å². The first-order valence-electron chi connectivity index (χ1n) is 10.2. The van der Waals surface area contributed by atoms with Crippen molar-refractivity contribution in [2.45, 2.75) is 43.8 Å². The summed E-state index contributed by atoms with van der Waals surface area (Å²) < 4.78 is 26.6. The van der Waals surface area contributed by atoms with Crippen LogP contribution in [0.5, 0.6) is 0 Å². The van der Waals surface area contributed by atoms with Crippen molar-refractivity contribution in [3.8, 4) is 11.1 Å². The Labute approximate surface area is 176 Å². The summed E-state index contributed by atoms with van der Waals surface area (Å²) >= 11 is 3.64. The molecule has 2 fully saturated rings. The summed E-state index contributed by atoms with van der Waals surface area (Å²) in [5, 5.41) is 15.2. The topological polar surface area (TPSA) is 61.7 Å². The minimum Gasteiger partial charge on any atom is -0.386 e. The zero-order chi connectivity index (χ0) is 20.7. The van der Waals surface area contributed by atoms with E-state index in [-0.39, 0.29) is 17.8 Å². The number of aliphatic hydroxyl groups is 1. The second-order valence-electron chi connectivity index (χ2n) is 7.88. The summed E-state index contributed by atoms with van der Waals surface area (Å²) in [7, 11) is 0. The van der Waals surface area contributed by atoms with Crippen LogP contribution in [-0.4, -0.2) is 41.2 Å². The molecule has 6 heteroatoms. The summed E-state index contributed by atoms with van der Waals surface area (Å²) in [4.78, 5) is 0. The maximum Gasteiger partial charge on any atom is 0.123 e. The van der Waals surface area contributed by atoms with Crippen LogP contribution < -0.4 is 5.32 Å². The Bertz CT molecular complexity index is 764. The van der Waals surface area contributed by atoms with Crippen LogP contribution in [0.15, 0.2) is 48.5 Å². The zero-order valence-corrected chi connectivity index (χ0v) is 17.2. The number of morpholine rings is 1. The Hall–Kier alpha value is -1.50. The van der Waals surface area contributed by atoms with E-state index in [4.69, 9.17) is 9.40 Å². The summed E-state index contributed by atoms with van der Waals surface area (Å²) in [6, 6.07) is 14.9. The van der Waals surface area contributed by atoms with E-state index in [1.54, 1.807) is 6.07 Å². The van der Waals surface area contributed by atoms with E-state index in [0.717, 1.165) is 48.9 Å². The third-order valence-corrected chi connectivity index (χ3v) is 6.17. The SMILES string of the molecule is OC(Cc1cc(F)ccc1-c1ccccc1)(C1CCCC1)C1CNCCO1.OCl. The Morgan fingerprint density at radius 3 is 2.48 bits per heavy atom. The lowest BCUT2D eigenvalue weighted by Gasteiger charge is -2.43. The van der Waals surface area contributed by atoms with Crippen molar-refractivity contribution < 1.29 is 18.9 Å². The molecule has 0 spiro atoms. The van der Waals surface area contributed by atoms with E-state index in [2.05, 4.69) is 17.2 Å². The molecule has 4 rings (SSSR count). The molecule has 158 valence electrons. The highest BCUT2D eigenvalue weighted by atomic mass is 35.5. The van der Waals surface area contributed by atoms with Gasteiger partial charge in [-0.15, -0.1) is 0 Å². The van der Waals surface area contributed by atoms with Crippen LogP contribution in [0.2, 0.25) is 0 Å². The molecule has 2 atom stereocenters. The fraction of sp³-hybridized carbons (Fsp3) is 0.478. The van der Waals surface area contributed by atoms with Crippen LogP contribution in [0.3, 0.4) is 0 Å². The lowest BCUT2D eigenvalue weighted by molar-refractivity contribution is -0.147. The Morgan fingerprint density at radius 1 is 1.10 bits per heavy atom. The molecule has 0 aromatic heterocycles. The van der Waals surface area contributed by atoms with E-state index in [1.165, 1.54) is 6.07 Å². The zero-order valence-electron chi connectivity index (χ0n) is 16.5. The van der Waals surface area contributed by atoms with Gasteiger partial charge in [-0.05, 0) is 47.6 Å². The third-order valence-electron chi connectivity index (χ3n) is 6.17. The fourth-order valence-corrected chi connectivity index (χ4v) is 4.75. The van der Waals surface area contributed by atoms with Gasteiger partial charge in [0, 0.05) is 19.5 Å². The van der Waals surface area contributed by atoms with Crippen molar-refractivity contribution in [3.63, 3.8) is 0 Å². The Morgan fingerprint density at radius 2 is 1.83 bits per heavy atom. The van der Waals surface area contributed by atoms with Crippen molar-refractivity contribution in [1.82, 2.24) is 5.32 Å². The molecule has 0 amide bonds. The molecule has 2 aromatic carbocycles. The first-order chi connectivity index (χ1) is 14.2. The van der Waals surface area contributed by atoms with Crippen LogP contribution in [0.25, 0.3) is 11.1 Å². The number of benzene rings is 2. The van der Waals surface area contributed by atoms with Gasteiger partial charge in [0.1, 0.15) is 5.82 Å². The normalized spacial score (nSPS) is 21.9. The van der Waals surface area contributed by atoms with Crippen molar-refractivity contribution in [2.24, 2.45) is 5.92 Å². The van der Waals surface area contributed by atoms with Gasteiger partial charge in [0.15, 0.2) is 0 Å². The van der Waals surface area contributed by atoms with E-state index in [0.29, 0.717) is 19.6 Å². The maximum absolute atomic E-state index is 14.1. The first kappa shape index (κ1) is 22.2. The average Bonchev–Trinajstić information content (AvgIpc) is 3.32. The summed E-state index contributed by atoms with van der Waals surface area (Å²) in [5.41, 5.74) is 1.90. The van der Waals surface area contributed by atoms with Crippen molar-refractivity contribution in [1.29, 1.82) is 0 Å². The molecule has 29 heavy (non-hydrogen) atoms. The van der Waals surface area contributed by atoms with Crippen molar-refractivity contribution >= 4 is 11.9 Å². The van der Waals surface area contributed by atoms with E-state index in [9.17, 15) is 9.50 Å². The number of nitrogens with one attached hydrogen (secondary N) is 1. The van der Waals surface area contributed by atoms with Crippen molar-refractivity contribution in [2.75, 3.05) is 19.7 Å². The minimum absolute atomic E-state index is 0.189. The molecule has 2 aliphatic rings. The monoisotopic (exact) mass is 421 g/mol. The molecule has 1 aliphatic heterocycles. The molecule has 1 saturated carbocycles. The van der Waals surface area contributed by atoms with Gasteiger partial charge >= 0.3 is 0 Å². The molecule has 3 N–H and O–H groups in total. The highest BCUT2D eigenvalue weighted by Gasteiger charge is 2.46. The summed E-state index contributed by atoms with van der Waals surface area (Å²) in [6.07, 6.45) is 4.44. The predicted molar refractivity (Wildman–Crippen MR) is 113 cm³/mol. The molecule has 2 unspecified atom stereocenters.